The van der Waals surface area contributed by atoms with Crippen LogP contribution >= 0.6 is 11.3 Å². The quantitative estimate of drug-likeness (QED) is 0.788. The highest BCUT2D eigenvalue weighted by molar-refractivity contribution is 7.10. The van der Waals surface area contributed by atoms with Gasteiger partial charge in [-0.05, 0) is 55.0 Å². The van der Waals surface area contributed by atoms with Gasteiger partial charge in [0.05, 0.1) is 11.3 Å². The van der Waals surface area contributed by atoms with Crippen molar-refractivity contribution in [2.75, 3.05) is 0 Å². The van der Waals surface area contributed by atoms with Crippen molar-refractivity contribution in [2.24, 2.45) is 0 Å². The van der Waals surface area contributed by atoms with E-state index in [1.807, 2.05) is 40.5 Å². The molecule has 1 N–H and O–H groups in total. The van der Waals surface area contributed by atoms with E-state index in [-0.39, 0.29) is 5.91 Å². The van der Waals surface area contributed by atoms with Gasteiger partial charge in [0.25, 0.3) is 5.91 Å². The molecule has 1 aromatic carbocycles. The van der Waals surface area contributed by atoms with Crippen LogP contribution in [0.5, 0.6) is 0 Å². The maximum atomic E-state index is 12.5. The molecule has 1 amide bonds. The van der Waals surface area contributed by atoms with Crippen LogP contribution in [0.3, 0.4) is 0 Å². The summed E-state index contributed by atoms with van der Waals surface area (Å²) in [4.78, 5) is 13.9. The predicted octanol–water partition coefficient (Wildman–Crippen LogP) is 3.74. The second-order valence-corrected chi connectivity index (χ2v) is 7.03. The van der Waals surface area contributed by atoms with Crippen molar-refractivity contribution in [1.82, 2.24) is 15.1 Å². The number of rotatable bonds is 4. The fourth-order valence-electron chi connectivity index (χ4n) is 3.19. The molecule has 5 heteroatoms. The van der Waals surface area contributed by atoms with E-state index in [0.29, 0.717) is 6.54 Å². The first-order valence-electron chi connectivity index (χ1n) is 8.27. The van der Waals surface area contributed by atoms with Gasteiger partial charge in [0.15, 0.2) is 0 Å². The minimum Gasteiger partial charge on any atom is -0.348 e. The number of benzene rings is 1. The number of carbonyl (C=O) groups excluding carboxylic acids is 1. The molecule has 0 atom stereocenters. The second kappa shape index (κ2) is 6.61. The molecule has 0 saturated heterocycles. The van der Waals surface area contributed by atoms with Crippen molar-refractivity contribution in [2.45, 2.75) is 32.2 Å². The molecule has 0 fully saturated rings. The standard InChI is InChI=1S/C19H19N3OS/c23-19(17-13-24-18-8-2-1-7-16(17)18)20-12-14-5-3-6-15(11-14)22-10-4-9-21-22/h3-6,9-11,13H,1-2,7-8,12H2,(H,20,23). The van der Waals surface area contributed by atoms with Gasteiger partial charge in [-0.25, -0.2) is 4.68 Å². The van der Waals surface area contributed by atoms with E-state index in [9.17, 15) is 4.79 Å². The monoisotopic (exact) mass is 337 g/mol. The molecule has 0 radical (unpaired) electrons. The average Bonchev–Trinajstić information content (AvgIpc) is 3.29. The van der Waals surface area contributed by atoms with Crippen LogP contribution in [0.25, 0.3) is 5.69 Å². The minimum absolute atomic E-state index is 0.0406. The SMILES string of the molecule is O=C(NCc1cccc(-n2cccn2)c1)c1csc2c1CCCC2. The van der Waals surface area contributed by atoms with E-state index in [1.54, 1.807) is 17.5 Å². The molecular formula is C19H19N3OS. The van der Waals surface area contributed by atoms with E-state index in [1.165, 1.54) is 23.3 Å². The third kappa shape index (κ3) is 2.99. The van der Waals surface area contributed by atoms with Crippen molar-refractivity contribution in [3.05, 3.63) is 69.7 Å². The number of fused-ring (bicyclic) bond motifs is 1. The Morgan fingerprint density at radius 3 is 3.04 bits per heavy atom. The van der Waals surface area contributed by atoms with Gasteiger partial charge in [0, 0.05) is 29.2 Å². The molecule has 24 heavy (non-hydrogen) atoms. The molecule has 122 valence electrons. The molecule has 2 heterocycles. The largest absolute Gasteiger partial charge is 0.348 e. The Kier molecular flexibility index (Phi) is 4.17. The molecule has 1 aliphatic carbocycles. The Labute approximate surface area is 145 Å². The van der Waals surface area contributed by atoms with Crippen molar-refractivity contribution in [1.29, 1.82) is 0 Å². The molecule has 0 aliphatic heterocycles. The van der Waals surface area contributed by atoms with E-state index < -0.39 is 0 Å². The first-order valence-corrected chi connectivity index (χ1v) is 9.15. The summed E-state index contributed by atoms with van der Waals surface area (Å²) in [5.41, 5.74) is 4.21. The van der Waals surface area contributed by atoms with Gasteiger partial charge in [-0.1, -0.05) is 12.1 Å². The van der Waals surface area contributed by atoms with Crippen LogP contribution < -0.4 is 5.32 Å². The average molecular weight is 337 g/mol. The summed E-state index contributed by atoms with van der Waals surface area (Å²) in [6, 6.07) is 9.97. The van der Waals surface area contributed by atoms with Crippen LogP contribution in [0.2, 0.25) is 0 Å². The summed E-state index contributed by atoms with van der Waals surface area (Å²) in [6.45, 7) is 0.526. The number of amides is 1. The third-order valence-corrected chi connectivity index (χ3v) is 5.53. The number of hydrogen-bond donors (Lipinski definition) is 1. The van der Waals surface area contributed by atoms with Gasteiger partial charge in [0.1, 0.15) is 0 Å². The second-order valence-electron chi connectivity index (χ2n) is 6.06. The Hall–Kier alpha value is -2.40. The van der Waals surface area contributed by atoms with Gasteiger partial charge in [-0.2, -0.15) is 5.10 Å². The highest BCUT2D eigenvalue weighted by Crippen LogP contribution is 2.30. The van der Waals surface area contributed by atoms with E-state index in [2.05, 4.69) is 16.5 Å². The van der Waals surface area contributed by atoms with Crippen LogP contribution in [-0.2, 0) is 19.4 Å². The van der Waals surface area contributed by atoms with Gasteiger partial charge < -0.3 is 5.32 Å². The maximum Gasteiger partial charge on any atom is 0.252 e. The number of aryl methyl sites for hydroxylation is 1. The van der Waals surface area contributed by atoms with Crippen LogP contribution in [0, 0.1) is 0 Å². The van der Waals surface area contributed by atoms with Crippen molar-refractivity contribution in [3.8, 4) is 5.69 Å². The molecule has 0 bridgehead atoms. The van der Waals surface area contributed by atoms with Gasteiger partial charge in [0.2, 0.25) is 0 Å². The molecule has 0 spiro atoms. The summed E-state index contributed by atoms with van der Waals surface area (Å²) in [6.07, 6.45) is 8.27. The molecule has 4 rings (SSSR count). The van der Waals surface area contributed by atoms with Crippen LogP contribution in [-0.4, -0.2) is 15.7 Å². The van der Waals surface area contributed by atoms with Crippen molar-refractivity contribution in [3.63, 3.8) is 0 Å². The Morgan fingerprint density at radius 1 is 1.25 bits per heavy atom. The Morgan fingerprint density at radius 2 is 2.17 bits per heavy atom. The molecule has 0 saturated carbocycles. The zero-order valence-corrected chi connectivity index (χ0v) is 14.2. The predicted molar refractivity (Wildman–Crippen MR) is 95.7 cm³/mol. The molecule has 1 aliphatic rings. The van der Waals surface area contributed by atoms with Gasteiger partial charge in [-0.3, -0.25) is 4.79 Å². The lowest BCUT2D eigenvalue weighted by molar-refractivity contribution is 0.0950. The lowest BCUT2D eigenvalue weighted by Crippen LogP contribution is -2.24. The summed E-state index contributed by atoms with van der Waals surface area (Å²) in [7, 11) is 0. The molecule has 3 aromatic rings. The van der Waals surface area contributed by atoms with E-state index in [0.717, 1.165) is 29.7 Å². The lowest BCUT2D eigenvalue weighted by Gasteiger charge is -2.13. The Bertz CT molecular complexity index is 851. The Balaban J connectivity index is 1.46. The highest BCUT2D eigenvalue weighted by atomic mass is 32.1. The smallest absolute Gasteiger partial charge is 0.252 e. The molecule has 0 unspecified atom stereocenters. The van der Waals surface area contributed by atoms with Crippen LogP contribution in [0.15, 0.2) is 48.1 Å². The normalized spacial score (nSPS) is 13.5. The first kappa shape index (κ1) is 15.1. The van der Waals surface area contributed by atoms with Gasteiger partial charge >= 0.3 is 0 Å². The number of nitrogens with one attached hydrogen (secondary N) is 1. The maximum absolute atomic E-state index is 12.5. The molecular weight excluding hydrogens is 318 g/mol. The summed E-state index contributed by atoms with van der Waals surface area (Å²) in [5, 5.41) is 9.32. The lowest BCUT2D eigenvalue weighted by atomic mass is 9.95. The van der Waals surface area contributed by atoms with Crippen molar-refractivity contribution < 1.29 is 4.79 Å². The third-order valence-electron chi connectivity index (χ3n) is 4.44. The highest BCUT2D eigenvalue weighted by Gasteiger charge is 2.19. The molecule has 4 nitrogen and oxygen atoms in total. The zero-order chi connectivity index (χ0) is 16.4. The van der Waals surface area contributed by atoms with Crippen molar-refractivity contribution >= 4 is 17.2 Å². The number of nitrogens with zero attached hydrogens (tertiary/aromatic N) is 2. The molecule has 2 aromatic heterocycles. The number of hydrogen-bond acceptors (Lipinski definition) is 3. The summed E-state index contributed by atoms with van der Waals surface area (Å²) < 4.78 is 1.82. The topological polar surface area (TPSA) is 46.9 Å². The summed E-state index contributed by atoms with van der Waals surface area (Å²) in [5.74, 6) is 0.0406. The number of aromatic nitrogens is 2. The zero-order valence-electron chi connectivity index (χ0n) is 13.4. The first-order chi connectivity index (χ1) is 11.8. The fraction of sp³-hybridized carbons (Fsp3) is 0.263. The van der Waals surface area contributed by atoms with Crippen LogP contribution in [0.4, 0.5) is 0 Å². The number of thiophene rings is 1. The summed E-state index contributed by atoms with van der Waals surface area (Å²) >= 11 is 1.73. The van der Waals surface area contributed by atoms with Gasteiger partial charge in [-0.15, -0.1) is 11.3 Å². The fourth-order valence-corrected chi connectivity index (χ4v) is 4.32. The van der Waals surface area contributed by atoms with Crippen LogP contribution in [0.1, 0.15) is 39.2 Å². The number of carbonyl (C=O) groups is 1. The minimum atomic E-state index is 0.0406. The van der Waals surface area contributed by atoms with E-state index >= 15 is 0 Å². The van der Waals surface area contributed by atoms with E-state index in [4.69, 9.17) is 0 Å².